The molecule has 0 aromatic carbocycles. The molecule has 0 fully saturated rings. The minimum Gasteiger partial charge on any atom is -0.479 e. The highest BCUT2D eigenvalue weighted by atomic mass is 16.4. The monoisotopic (exact) mass is 218 g/mol. The number of nitrogens with one attached hydrogen (secondary N) is 2. The van der Waals surface area contributed by atoms with Crippen LogP contribution in [0.3, 0.4) is 0 Å². The van der Waals surface area contributed by atoms with Gasteiger partial charge in [0.25, 0.3) is 0 Å². The molecular weight excluding hydrogens is 200 g/mol. The van der Waals surface area contributed by atoms with E-state index in [-0.39, 0.29) is 24.5 Å². The number of hydrogen-bond donors (Lipinski definition) is 4. The van der Waals surface area contributed by atoms with Gasteiger partial charge in [-0.25, -0.2) is 9.59 Å². The van der Waals surface area contributed by atoms with Gasteiger partial charge in [-0.2, -0.15) is 0 Å². The van der Waals surface area contributed by atoms with Crippen LogP contribution < -0.4 is 10.6 Å². The highest BCUT2D eigenvalue weighted by Crippen LogP contribution is 1.97. The third-order valence-electron chi connectivity index (χ3n) is 1.48. The van der Waals surface area contributed by atoms with E-state index in [2.05, 4.69) is 10.6 Å². The molecule has 0 saturated heterocycles. The molecule has 0 heterocycles. The van der Waals surface area contributed by atoms with Gasteiger partial charge in [0.2, 0.25) is 0 Å². The Morgan fingerprint density at radius 2 is 1.87 bits per heavy atom. The fraction of sp³-hybridized carbons (Fsp3) is 0.778. The molecular formula is C9H18N2O4. The molecule has 1 unspecified atom stereocenters. The normalized spacial score (nSPS) is 13.1. The smallest absolute Gasteiger partial charge is 0.332 e. The van der Waals surface area contributed by atoms with Crippen LogP contribution in [0.15, 0.2) is 0 Å². The molecule has 0 bridgehead atoms. The van der Waals surface area contributed by atoms with Crippen LogP contribution >= 0.6 is 0 Å². The third-order valence-corrected chi connectivity index (χ3v) is 1.48. The van der Waals surface area contributed by atoms with Crippen molar-refractivity contribution in [3.63, 3.8) is 0 Å². The van der Waals surface area contributed by atoms with Crippen molar-refractivity contribution in [3.05, 3.63) is 0 Å². The largest absolute Gasteiger partial charge is 0.479 e. The first-order chi connectivity index (χ1) is 6.72. The molecule has 0 aliphatic rings. The summed E-state index contributed by atoms with van der Waals surface area (Å²) < 4.78 is 0. The summed E-state index contributed by atoms with van der Waals surface area (Å²) in [4.78, 5) is 21.4. The summed E-state index contributed by atoms with van der Waals surface area (Å²) in [5, 5.41) is 22.4. The summed E-state index contributed by atoms with van der Waals surface area (Å²) in [5.74, 6) is -1.28. The van der Waals surface area contributed by atoms with E-state index in [0.29, 0.717) is 0 Å². The Bertz CT molecular complexity index is 235. The first-order valence-electron chi connectivity index (χ1n) is 4.69. The van der Waals surface area contributed by atoms with Gasteiger partial charge in [-0.3, -0.25) is 0 Å². The maximum absolute atomic E-state index is 11.2. The Morgan fingerprint density at radius 1 is 1.33 bits per heavy atom. The van der Waals surface area contributed by atoms with Crippen LogP contribution in [0.2, 0.25) is 0 Å². The summed E-state index contributed by atoms with van der Waals surface area (Å²) in [6, 6.07) is -0.375. The van der Waals surface area contributed by atoms with Gasteiger partial charge in [-0.1, -0.05) is 0 Å². The van der Waals surface area contributed by atoms with Crippen LogP contribution in [-0.4, -0.2) is 40.4 Å². The van der Waals surface area contributed by atoms with Crippen LogP contribution in [0.25, 0.3) is 0 Å². The minimum atomic E-state index is -1.43. The van der Waals surface area contributed by atoms with Gasteiger partial charge in [0, 0.05) is 18.5 Å². The number of carbonyl (C=O) groups excluding carboxylic acids is 1. The van der Waals surface area contributed by atoms with E-state index in [1.165, 1.54) is 0 Å². The van der Waals surface area contributed by atoms with Crippen molar-refractivity contribution < 1.29 is 19.8 Å². The minimum absolute atomic E-state index is 0.00705. The van der Waals surface area contributed by atoms with Gasteiger partial charge in [0.1, 0.15) is 0 Å². The molecule has 0 saturated carbocycles. The van der Waals surface area contributed by atoms with Crippen LogP contribution in [-0.2, 0) is 4.79 Å². The maximum Gasteiger partial charge on any atom is 0.332 e. The number of aliphatic carboxylic acids is 1. The van der Waals surface area contributed by atoms with Crippen LogP contribution in [0.1, 0.15) is 27.2 Å². The Hall–Kier alpha value is -1.30. The van der Waals surface area contributed by atoms with Crippen molar-refractivity contribution >= 4 is 12.0 Å². The van der Waals surface area contributed by atoms with Crippen LogP contribution in [0.4, 0.5) is 4.79 Å². The van der Waals surface area contributed by atoms with Gasteiger partial charge < -0.3 is 20.8 Å². The maximum atomic E-state index is 11.2. The molecule has 0 aromatic rings. The Kier molecular flexibility index (Phi) is 5.07. The molecule has 2 amide bonds. The van der Waals surface area contributed by atoms with E-state index in [1.807, 2.05) is 20.8 Å². The Balaban J connectivity index is 3.69. The van der Waals surface area contributed by atoms with E-state index in [4.69, 9.17) is 10.2 Å². The molecule has 88 valence electrons. The lowest BCUT2D eigenvalue weighted by Gasteiger charge is -2.20. The molecule has 1 atom stereocenters. The average Bonchev–Trinajstić information content (AvgIpc) is 2.00. The van der Waals surface area contributed by atoms with E-state index < -0.39 is 12.1 Å². The topological polar surface area (TPSA) is 98.7 Å². The molecule has 4 N–H and O–H groups in total. The van der Waals surface area contributed by atoms with Crippen molar-refractivity contribution in [2.75, 3.05) is 6.54 Å². The lowest BCUT2D eigenvalue weighted by atomic mass is 10.1. The molecule has 0 radical (unpaired) electrons. The standard InChI is InChI=1S/C9H18N2O4/c1-9(2,3)11-8(15)10-5-4-6(12)7(13)14/h6,12H,4-5H2,1-3H3,(H,13,14)(H2,10,11,15). The highest BCUT2D eigenvalue weighted by molar-refractivity contribution is 5.75. The number of carboxylic acid groups (broad SMARTS) is 1. The number of urea groups is 1. The number of amides is 2. The van der Waals surface area contributed by atoms with Crippen molar-refractivity contribution in [1.82, 2.24) is 10.6 Å². The van der Waals surface area contributed by atoms with Crippen LogP contribution in [0, 0.1) is 0 Å². The lowest BCUT2D eigenvalue weighted by Crippen LogP contribution is -2.47. The van der Waals surface area contributed by atoms with Gasteiger partial charge in [0.05, 0.1) is 0 Å². The number of aliphatic hydroxyl groups is 1. The Morgan fingerprint density at radius 3 is 2.27 bits per heavy atom. The predicted molar refractivity (Wildman–Crippen MR) is 54.5 cm³/mol. The Labute approximate surface area is 88.7 Å². The number of rotatable bonds is 4. The zero-order chi connectivity index (χ0) is 12.1. The van der Waals surface area contributed by atoms with E-state index >= 15 is 0 Å². The highest BCUT2D eigenvalue weighted by Gasteiger charge is 2.15. The fourth-order valence-corrected chi connectivity index (χ4v) is 0.831. The zero-order valence-electron chi connectivity index (χ0n) is 9.20. The molecule has 0 spiro atoms. The first-order valence-corrected chi connectivity index (χ1v) is 4.69. The number of carbonyl (C=O) groups is 2. The second kappa shape index (κ2) is 5.55. The second-order valence-corrected chi connectivity index (χ2v) is 4.27. The predicted octanol–water partition coefficient (Wildman–Crippen LogP) is -0.0803. The molecule has 0 rings (SSSR count). The summed E-state index contributed by atoms with van der Waals surface area (Å²) in [6.45, 7) is 5.62. The zero-order valence-corrected chi connectivity index (χ0v) is 9.20. The molecule has 0 aliphatic heterocycles. The lowest BCUT2D eigenvalue weighted by molar-refractivity contribution is -0.146. The summed E-state index contributed by atoms with van der Waals surface area (Å²) in [7, 11) is 0. The summed E-state index contributed by atoms with van der Waals surface area (Å²) in [6.07, 6.45) is -1.44. The fourth-order valence-electron chi connectivity index (χ4n) is 0.831. The molecule has 6 nitrogen and oxygen atoms in total. The van der Waals surface area contributed by atoms with Crippen molar-refractivity contribution in [2.24, 2.45) is 0 Å². The second-order valence-electron chi connectivity index (χ2n) is 4.27. The SMILES string of the molecule is CC(C)(C)NC(=O)NCCC(O)C(=O)O. The molecule has 0 aromatic heterocycles. The molecule has 6 heteroatoms. The van der Waals surface area contributed by atoms with E-state index in [0.717, 1.165) is 0 Å². The van der Waals surface area contributed by atoms with E-state index in [1.54, 1.807) is 0 Å². The van der Waals surface area contributed by atoms with Crippen molar-refractivity contribution in [1.29, 1.82) is 0 Å². The number of aliphatic hydroxyl groups excluding tert-OH is 1. The quantitative estimate of drug-likeness (QED) is 0.530. The van der Waals surface area contributed by atoms with Gasteiger partial charge >= 0.3 is 12.0 Å². The van der Waals surface area contributed by atoms with Gasteiger partial charge in [-0.05, 0) is 20.8 Å². The van der Waals surface area contributed by atoms with Crippen molar-refractivity contribution in [3.8, 4) is 0 Å². The van der Waals surface area contributed by atoms with Crippen LogP contribution in [0.5, 0.6) is 0 Å². The summed E-state index contributed by atoms with van der Waals surface area (Å²) >= 11 is 0. The number of carboxylic acids is 1. The van der Waals surface area contributed by atoms with Gasteiger partial charge in [0.15, 0.2) is 6.10 Å². The molecule has 15 heavy (non-hydrogen) atoms. The van der Waals surface area contributed by atoms with Gasteiger partial charge in [-0.15, -0.1) is 0 Å². The summed E-state index contributed by atoms with van der Waals surface area (Å²) in [5.41, 5.74) is -0.338. The average molecular weight is 218 g/mol. The molecule has 0 aliphatic carbocycles. The number of hydrogen-bond acceptors (Lipinski definition) is 3. The van der Waals surface area contributed by atoms with Crippen molar-refractivity contribution in [2.45, 2.75) is 38.8 Å². The first kappa shape index (κ1) is 13.7. The third kappa shape index (κ3) is 7.75. The van der Waals surface area contributed by atoms with E-state index in [9.17, 15) is 9.59 Å².